The SMILES string of the molecule is Cn1ncc2c(CN[C@@H](CCC(C)(C)C)C(=O)O)cccc21. The number of benzene rings is 1. The van der Waals surface area contributed by atoms with Crippen molar-refractivity contribution in [1.29, 1.82) is 0 Å². The number of aromatic nitrogens is 2. The van der Waals surface area contributed by atoms with Gasteiger partial charge in [0.15, 0.2) is 0 Å². The van der Waals surface area contributed by atoms with Gasteiger partial charge in [0.1, 0.15) is 6.04 Å². The van der Waals surface area contributed by atoms with E-state index in [4.69, 9.17) is 0 Å². The molecular weight excluding hydrogens is 278 g/mol. The molecular formula is C17H25N3O2. The zero-order chi connectivity index (χ0) is 16.3. The van der Waals surface area contributed by atoms with Crippen LogP contribution < -0.4 is 5.32 Å². The molecule has 1 atom stereocenters. The van der Waals surface area contributed by atoms with Crippen LogP contribution in [0.15, 0.2) is 24.4 Å². The molecule has 5 heteroatoms. The van der Waals surface area contributed by atoms with Crippen molar-refractivity contribution in [1.82, 2.24) is 15.1 Å². The number of carbonyl (C=O) groups is 1. The van der Waals surface area contributed by atoms with Crippen molar-refractivity contribution >= 4 is 16.9 Å². The lowest BCUT2D eigenvalue weighted by Gasteiger charge is -2.21. The van der Waals surface area contributed by atoms with E-state index >= 15 is 0 Å². The third kappa shape index (κ3) is 4.07. The van der Waals surface area contributed by atoms with Gasteiger partial charge >= 0.3 is 5.97 Å². The minimum Gasteiger partial charge on any atom is -0.480 e. The summed E-state index contributed by atoms with van der Waals surface area (Å²) in [4.78, 5) is 11.4. The average molecular weight is 303 g/mol. The number of rotatable bonds is 6. The lowest BCUT2D eigenvalue weighted by molar-refractivity contribution is -0.139. The van der Waals surface area contributed by atoms with Gasteiger partial charge in [-0.25, -0.2) is 0 Å². The topological polar surface area (TPSA) is 67.2 Å². The summed E-state index contributed by atoms with van der Waals surface area (Å²) in [6.45, 7) is 6.91. The van der Waals surface area contributed by atoms with Gasteiger partial charge in [-0.3, -0.25) is 9.48 Å². The van der Waals surface area contributed by atoms with Crippen LogP contribution in [0, 0.1) is 5.41 Å². The van der Waals surface area contributed by atoms with Crippen LogP contribution in [0.25, 0.3) is 10.9 Å². The minimum atomic E-state index is -0.789. The number of hydrogen-bond donors (Lipinski definition) is 2. The monoisotopic (exact) mass is 303 g/mol. The highest BCUT2D eigenvalue weighted by molar-refractivity contribution is 5.82. The van der Waals surface area contributed by atoms with Gasteiger partial charge < -0.3 is 10.4 Å². The highest BCUT2D eigenvalue weighted by atomic mass is 16.4. The molecule has 0 aliphatic carbocycles. The van der Waals surface area contributed by atoms with Crippen molar-refractivity contribution in [2.45, 2.75) is 46.2 Å². The number of carboxylic acid groups (broad SMARTS) is 1. The first-order chi connectivity index (χ1) is 10.3. The predicted molar refractivity (Wildman–Crippen MR) is 87.7 cm³/mol. The molecule has 2 rings (SSSR count). The fourth-order valence-electron chi connectivity index (χ4n) is 2.51. The second-order valence-electron chi connectivity index (χ2n) is 6.99. The van der Waals surface area contributed by atoms with Crippen LogP contribution in [0.3, 0.4) is 0 Å². The molecule has 0 unspecified atom stereocenters. The summed E-state index contributed by atoms with van der Waals surface area (Å²) in [5, 5.41) is 17.9. The van der Waals surface area contributed by atoms with Crippen molar-refractivity contribution in [3.05, 3.63) is 30.0 Å². The van der Waals surface area contributed by atoms with Gasteiger partial charge in [0.05, 0.1) is 11.7 Å². The molecule has 1 heterocycles. The molecule has 0 bridgehead atoms. The molecule has 0 fully saturated rings. The highest BCUT2D eigenvalue weighted by Crippen LogP contribution is 2.22. The maximum Gasteiger partial charge on any atom is 0.320 e. The number of hydrogen-bond acceptors (Lipinski definition) is 3. The van der Waals surface area contributed by atoms with Gasteiger partial charge in [-0.1, -0.05) is 32.9 Å². The Bertz CT molecular complexity index is 655. The third-order valence-electron chi connectivity index (χ3n) is 3.90. The molecule has 2 N–H and O–H groups in total. The molecule has 5 nitrogen and oxygen atoms in total. The van der Waals surface area contributed by atoms with Crippen LogP contribution in [0.5, 0.6) is 0 Å². The van der Waals surface area contributed by atoms with E-state index < -0.39 is 12.0 Å². The summed E-state index contributed by atoms with van der Waals surface area (Å²) in [6.07, 6.45) is 3.33. The molecule has 0 amide bonds. The quantitative estimate of drug-likeness (QED) is 0.861. The van der Waals surface area contributed by atoms with E-state index in [2.05, 4.69) is 31.2 Å². The van der Waals surface area contributed by atoms with E-state index in [0.29, 0.717) is 13.0 Å². The molecule has 1 aromatic carbocycles. The average Bonchev–Trinajstić information content (AvgIpc) is 2.80. The number of aryl methyl sites for hydroxylation is 1. The highest BCUT2D eigenvalue weighted by Gasteiger charge is 2.20. The summed E-state index contributed by atoms with van der Waals surface area (Å²) >= 11 is 0. The lowest BCUT2D eigenvalue weighted by Crippen LogP contribution is -2.37. The molecule has 0 saturated heterocycles. The Hall–Kier alpha value is -1.88. The van der Waals surface area contributed by atoms with E-state index in [1.165, 1.54) is 0 Å². The summed E-state index contributed by atoms with van der Waals surface area (Å²) < 4.78 is 1.83. The van der Waals surface area contributed by atoms with Crippen molar-refractivity contribution in [3.8, 4) is 0 Å². The lowest BCUT2D eigenvalue weighted by atomic mass is 9.88. The van der Waals surface area contributed by atoms with E-state index in [1.807, 2.05) is 36.1 Å². The van der Waals surface area contributed by atoms with Crippen molar-refractivity contribution in [2.24, 2.45) is 12.5 Å². The molecule has 0 spiro atoms. The molecule has 0 aliphatic rings. The first-order valence-corrected chi connectivity index (χ1v) is 7.64. The Labute approximate surface area is 131 Å². The maximum absolute atomic E-state index is 11.4. The molecule has 2 aromatic rings. The number of aliphatic carboxylic acids is 1. The summed E-state index contributed by atoms with van der Waals surface area (Å²) in [6, 6.07) is 5.48. The van der Waals surface area contributed by atoms with Crippen LogP contribution in [-0.2, 0) is 18.4 Å². The Morgan fingerprint density at radius 2 is 2.14 bits per heavy atom. The normalized spacial score (nSPS) is 13.5. The summed E-state index contributed by atoms with van der Waals surface area (Å²) in [5.41, 5.74) is 2.27. The number of fused-ring (bicyclic) bond motifs is 1. The largest absolute Gasteiger partial charge is 0.480 e. The maximum atomic E-state index is 11.4. The summed E-state index contributed by atoms with van der Waals surface area (Å²) in [5.74, 6) is -0.789. The van der Waals surface area contributed by atoms with Gasteiger partial charge in [0.2, 0.25) is 0 Å². The first kappa shape index (κ1) is 16.5. The zero-order valence-electron chi connectivity index (χ0n) is 13.8. The van der Waals surface area contributed by atoms with Crippen LogP contribution in [-0.4, -0.2) is 26.9 Å². The Balaban J connectivity index is 2.06. The Morgan fingerprint density at radius 1 is 1.41 bits per heavy atom. The van der Waals surface area contributed by atoms with Crippen LogP contribution >= 0.6 is 0 Å². The van der Waals surface area contributed by atoms with Gasteiger partial charge in [-0.2, -0.15) is 5.10 Å². The van der Waals surface area contributed by atoms with Crippen LogP contribution in [0.2, 0.25) is 0 Å². The second-order valence-corrected chi connectivity index (χ2v) is 6.99. The van der Waals surface area contributed by atoms with Gasteiger partial charge in [0, 0.05) is 19.0 Å². The smallest absolute Gasteiger partial charge is 0.320 e. The van der Waals surface area contributed by atoms with Crippen LogP contribution in [0.4, 0.5) is 0 Å². The Kier molecular flexibility index (Phi) is 4.86. The van der Waals surface area contributed by atoms with Gasteiger partial charge in [-0.15, -0.1) is 0 Å². The molecule has 120 valence electrons. The molecule has 1 aromatic heterocycles. The van der Waals surface area contributed by atoms with Gasteiger partial charge in [-0.05, 0) is 29.9 Å². The van der Waals surface area contributed by atoms with E-state index in [1.54, 1.807) is 0 Å². The second kappa shape index (κ2) is 6.48. The molecule has 0 aliphatic heterocycles. The number of carboxylic acids is 1. The molecule has 0 radical (unpaired) electrons. The molecule has 22 heavy (non-hydrogen) atoms. The fraction of sp³-hybridized carbons (Fsp3) is 0.529. The van der Waals surface area contributed by atoms with E-state index in [9.17, 15) is 9.90 Å². The predicted octanol–water partition coefficient (Wildman–Crippen LogP) is 2.94. The Morgan fingerprint density at radius 3 is 2.77 bits per heavy atom. The number of nitrogens with one attached hydrogen (secondary N) is 1. The first-order valence-electron chi connectivity index (χ1n) is 7.64. The fourth-order valence-corrected chi connectivity index (χ4v) is 2.51. The number of nitrogens with zero attached hydrogens (tertiary/aromatic N) is 2. The van der Waals surface area contributed by atoms with Crippen molar-refractivity contribution < 1.29 is 9.90 Å². The zero-order valence-corrected chi connectivity index (χ0v) is 13.8. The van der Waals surface area contributed by atoms with Crippen molar-refractivity contribution in [3.63, 3.8) is 0 Å². The van der Waals surface area contributed by atoms with E-state index in [-0.39, 0.29) is 5.41 Å². The van der Waals surface area contributed by atoms with Crippen molar-refractivity contribution in [2.75, 3.05) is 0 Å². The van der Waals surface area contributed by atoms with E-state index in [0.717, 1.165) is 22.9 Å². The summed E-state index contributed by atoms with van der Waals surface area (Å²) in [7, 11) is 1.91. The van der Waals surface area contributed by atoms with Crippen LogP contribution in [0.1, 0.15) is 39.2 Å². The molecule has 0 saturated carbocycles. The minimum absolute atomic E-state index is 0.138. The third-order valence-corrected chi connectivity index (χ3v) is 3.90. The van der Waals surface area contributed by atoms with Gasteiger partial charge in [0.25, 0.3) is 0 Å². The standard InChI is InChI=1S/C17H25N3O2/c1-17(2,3)9-8-14(16(21)22)18-10-12-6-5-7-15-13(12)11-19-20(15)4/h5-7,11,14,18H,8-10H2,1-4H3,(H,21,22)/t14-/m0/s1.